The quantitative estimate of drug-likeness (QED) is 0.731. The lowest BCUT2D eigenvalue weighted by Gasteiger charge is -2.15. The Morgan fingerprint density at radius 2 is 2.00 bits per heavy atom. The highest BCUT2D eigenvalue weighted by molar-refractivity contribution is 5.36. The average molecular weight is 202 g/mol. The summed E-state index contributed by atoms with van der Waals surface area (Å²) in [5, 5.41) is 9.22. The van der Waals surface area contributed by atoms with E-state index in [-0.39, 0.29) is 5.92 Å². The van der Waals surface area contributed by atoms with Gasteiger partial charge in [0, 0.05) is 5.92 Å². The molecule has 1 rings (SSSR count). The summed E-state index contributed by atoms with van der Waals surface area (Å²) < 4.78 is 0. The van der Waals surface area contributed by atoms with E-state index < -0.39 is 0 Å². The van der Waals surface area contributed by atoms with Crippen LogP contribution in [0.15, 0.2) is 48.6 Å². The Balaban J connectivity index is 3.02. The normalized spacial score (nSPS) is 13.6. The van der Waals surface area contributed by atoms with Crippen LogP contribution in [0, 0.1) is 0 Å². The first-order valence-electron chi connectivity index (χ1n) is 5.29. The van der Waals surface area contributed by atoms with Crippen molar-refractivity contribution in [3.63, 3.8) is 0 Å². The summed E-state index contributed by atoms with van der Waals surface area (Å²) in [5.74, 6) is 0.570. The van der Waals surface area contributed by atoms with Crippen LogP contribution in [0.5, 0.6) is 5.75 Å². The Morgan fingerprint density at radius 1 is 1.40 bits per heavy atom. The van der Waals surface area contributed by atoms with E-state index in [1.807, 2.05) is 18.2 Å². The Bertz CT molecular complexity index is 346. The maximum absolute atomic E-state index is 9.22. The van der Waals surface area contributed by atoms with Crippen LogP contribution < -0.4 is 0 Å². The first kappa shape index (κ1) is 11.6. The van der Waals surface area contributed by atoms with Crippen molar-refractivity contribution < 1.29 is 5.11 Å². The van der Waals surface area contributed by atoms with Gasteiger partial charge >= 0.3 is 0 Å². The fourth-order valence-electron chi connectivity index (χ4n) is 1.79. The molecule has 0 aromatic heterocycles. The molecule has 0 bridgehead atoms. The molecule has 0 saturated heterocycles. The number of allylic oxidation sites excluding steroid dienone is 3. The number of rotatable bonds is 4. The van der Waals surface area contributed by atoms with Crippen molar-refractivity contribution in [2.75, 3.05) is 0 Å². The third kappa shape index (κ3) is 2.72. The van der Waals surface area contributed by atoms with Gasteiger partial charge in [-0.25, -0.2) is 0 Å². The van der Waals surface area contributed by atoms with Gasteiger partial charge in [-0.3, -0.25) is 0 Å². The molecule has 0 aliphatic carbocycles. The molecule has 0 radical (unpaired) electrons. The topological polar surface area (TPSA) is 20.2 Å². The molecule has 0 saturated carbocycles. The summed E-state index contributed by atoms with van der Waals surface area (Å²) in [7, 11) is 0. The van der Waals surface area contributed by atoms with Crippen LogP contribution in [-0.4, -0.2) is 5.11 Å². The fraction of sp³-hybridized carbons (Fsp3) is 0.286. The average Bonchev–Trinajstić information content (AvgIpc) is 2.27. The number of hydrogen-bond acceptors (Lipinski definition) is 1. The van der Waals surface area contributed by atoms with Gasteiger partial charge in [-0.15, -0.1) is 6.58 Å². The zero-order valence-electron chi connectivity index (χ0n) is 9.40. The van der Waals surface area contributed by atoms with Crippen LogP contribution in [0.3, 0.4) is 0 Å². The van der Waals surface area contributed by atoms with Crippen LogP contribution in [0.25, 0.3) is 0 Å². The molecule has 1 unspecified atom stereocenters. The van der Waals surface area contributed by atoms with E-state index in [1.54, 1.807) is 12.1 Å². The van der Waals surface area contributed by atoms with Crippen molar-refractivity contribution in [1.82, 2.24) is 0 Å². The number of benzene rings is 1. The lowest BCUT2D eigenvalue weighted by molar-refractivity contribution is 0.475. The van der Waals surface area contributed by atoms with E-state index in [4.69, 9.17) is 0 Å². The number of phenols is 1. The Labute approximate surface area is 91.8 Å². The molecule has 15 heavy (non-hydrogen) atoms. The van der Waals surface area contributed by atoms with E-state index in [1.165, 1.54) is 11.1 Å². The monoisotopic (exact) mass is 202 g/mol. The van der Waals surface area contributed by atoms with Gasteiger partial charge in [0.25, 0.3) is 0 Å². The summed E-state index contributed by atoms with van der Waals surface area (Å²) >= 11 is 0. The van der Waals surface area contributed by atoms with Gasteiger partial charge in [0.2, 0.25) is 0 Å². The van der Waals surface area contributed by atoms with Crippen LogP contribution in [0.2, 0.25) is 0 Å². The number of phenolic OH excluding ortho intramolecular Hbond substituents is 1. The molecule has 0 aliphatic heterocycles. The molecule has 1 N–H and O–H groups in total. The van der Waals surface area contributed by atoms with Gasteiger partial charge in [-0.05, 0) is 31.0 Å². The van der Waals surface area contributed by atoms with Crippen molar-refractivity contribution in [2.24, 2.45) is 0 Å². The molecule has 0 aliphatic rings. The molecule has 1 aromatic rings. The van der Waals surface area contributed by atoms with Gasteiger partial charge in [0.1, 0.15) is 5.75 Å². The predicted octanol–water partition coefficient (Wildman–Crippen LogP) is 4.02. The van der Waals surface area contributed by atoms with E-state index >= 15 is 0 Å². The SMILES string of the molecule is C=CC(/C(=C/C)CC)c1ccc(O)cc1. The van der Waals surface area contributed by atoms with Gasteiger partial charge < -0.3 is 5.11 Å². The molecule has 1 aromatic carbocycles. The number of hydrogen-bond donors (Lipinski definition) is 1. The van der Waals surface area contributed by atoms with E-state index in [0.717, 1.165) is 6.42 Å². The van der Waals surface area contributed by atoms with Crippen molar-refractivity contribution >= 4 is 0 Å². The molecule has 0 fully saturated rings. The molecule has 0 amide bonds. The summed E-state index contributed by atoms with van der Waals surface area (Å²) in [6.45, 7) is 8.07. The third-order valence-corrected chi connectivity index (χ3v) is 2.67. The fourth-order valence-corrected chi connectivity index (χ4v) is 1.79. The lowest BCUT2D eigenvalue weighted by atomic mass is 9.89. The standard InChI is InChI=1S/C14H18O/c1-4-11(5-2)14(6-3)12-7-9-13(15)10-8-12/h4,6-10,14-15H,3,5H2,1-2H3/b11-4+. The second-order valence-electron chi connectivity index (χ2n) is 3.52. The zero-order chi connectivity index (χ0) is 11.3. The van der Waals surface area contributed by atoms with Crippen molar-refractivity contribution in [3.8, 4) is 5.75 Å². The summed E-state index contributed by atoms with van der Waals surface area (Å²) in [4.78, 5) is 0. The maximum Gasteiger partial charge on any atom is 0.115 e. The maximum atomic E-state index is 9.22. The molecular weight excluding hydrogens is 184 g/mol. The van der Waals surface area contributed by atoms with Gasteiger partial charge in [-0.1, -0.05) is 36.8 Å². The summed E-state index contributed by atoms with van der Waals surface area (Å²) in [6.07, 6.45) is 5.11. The Hall–Kier alpha value is -1.50. The minimum Gasteiger partial charge on any atom is -0.508 e. The van der Waals surface area contributed by atoms with E-state index in [0.29, 0.717) is 5.75 Å². The second-order valence-corrected chi connectivity index (χ2v) is 3.52. The van der Waals surface area contributed by atoms with Crippen molar-refractivity contribution in [1.29, 1.82) is 0 Å². The van der Waals surface area contributed by atoms with Crippen LogP contribution >= 0.6 is 0 Å². The Kier molecular flexibility index (Phi) is 4.17. The molecule has 1 heteroatoms. The second kappa shape index (κ2) is 5.40. The van der Waals surface area contributed by atoms with Gasteiger partial charge in [0.05, 0.1) is 0 Å². The zero-order valence-corrected chi connectivity index (χ0v) is 9.40. The summed E-state index contributed by atoms with van der Waals surface area (Å²) in [6, 6.07) is 7.32. The minimum atomic E-state index is 0.264. The smallest absolute Gasteiger partial charge is 0.115 e. The van der Waals surface area contributed by atoms with Crippen molar-refractivity contribution in [2.45, 2.75) is 26.2 Å². The van der Waals surface area contributed by atoms with Crippen LogP contribution in [0.1, 0.15) is 31.7 Å². The first-order valence-corrected chi connectivity index (χ1v) is 5.29. The van der Waals surface area contributed by atoms with Crippen LogP contribution in [-0.2, 0) is 0 Å². The molecule has 0 spiro atoms. The Morgan fingerprint density at radius 3 is 2.40 bits per heavy atom. The summed E-state index contributed by atoms with van der Waals surface area (Å²) in [5.41, 5.74) is 2.54. The van der Waals surface area contributed by atoms with Gasteiger partial charge in [0.15, 0.2) is 0 Å². The molecular formula is C14H18O. The predicted molar refractivity (Wildman–Crippen MR) is 65.1 cm³/mol. The number of aromatic hydroxyl groups is 1. The van der Waals surface area contributed by atoms with E-state index in [2.05, 4.69) is 26.5 Å². The first-order chi connectivity index (χ1) is 7.22. The highest BCUT2D eigenvalue weighted by Gasteiger charge is 2.10. The lowest BCUT2D eigenvalue weighted by Crippen LogP contribution is -1.98. The van der Waals surface area contributed by atoms with E-state index in [9.17, 15) is 5.11 Å². The molecule has 80 valence electrons. The largest absolute Gasteiger partial charge is 0.508 e. The third-order valence-electron chi connectivity index (χ3n) is 2.67. The molecule has 1 nitrogen and oxygen atoms in total. The highest BCUT2D eigenvalue weighted by Crippen LogP contribution is 2.28. The van der Waals surface area contributed by atoms with Gasteiger partial charge in [-0.2, -0.15) is 0 Å². The highest BCUT2D eigenvalue weighted by atomic mass is 16.3. The minimum absolute atomic E-state index is 0.264. The van der Waals surface area contributed by atoms with Crippen molar-refractivity contribution in [3.05, 3.63) is 54.1 Å². The van der Waals surface area contributed by atoms with Crippen LogP contribution in [0.4, 0.5) is 0 Å². The molecule has 1 atom stereocenters. The molecule has 0 heterocycles.